The van der Waals surface area contributed by atoms with Crippen molar-refractivity contribution in [2.45, 2.75) is 19.1 Å². The molecule has 2 atom stereocenters. The molecule has 2 rings (SSSR count). The molecule has 5 nitrogen and oxygen atoms in total. The Bertz CT molecular complexity index is 418. The van der Waals surface area contributed by atoms with E-state index in [1.807, 2.05) is 0 Å². The zero-order chi connectivity index (χ0) is 11.9. The highest BCUT2D eigenvalue weighted by Crippen LogP contribution is 2.28. The molecule has 0 radical (unpaired) electrons. The number of hydrogen-bond donors (Lipinski definition) is 1. The van der Waals surface area contributed by atoms with Crippen molar-refractivity contribution in [3.63, 3.8) is 0 Å². The Morgan fingerprint density at radius 2 is 2.19 bits per heavy atom. The number of carbonyl (C=O) groups is 2. The first-order valence-electron chi connectivity index (χ1n) is 4.93. The second-order valence-corrected chi connectivity index (χ2v) is 3.76. The Balaban J connectivity index is 2.46. The van der Waals surface area contributed by atoms with Gasteiger partial charge in [-0.05, 0) is 6.92 Å². The Kier molecular flexibility index (Phi) is 2.65. The summed E-state index contributed by atoms with van der Waals surface area (Å²) in [5, 5.41) is 9.84. The first kappa shape index (κ1) is 11.0. The molecule has 1 N–H and O–H groups in total. The lowest BCUT2D eigenvalue weighted by atomic mass is 9.86. The molecule has 0 unspecified atom stereocenters. The molecule has 0 amide bonds. The molecule has 0 aromatic heterocycles. The van der Waals surface area contributed by atoms with Crippen LogP contribution in [0.3, 0.4) is 0 Å². The van der Waals surface area contributed by atoms with Crippen molar-refractivity contribution < 1.29 is 24.2 Å². The van der Waals surface area contributed by atoms with Gasteiger partial charge in [0.1, 0.15) is 6.10 Å². The lowest BCUT2D eigenvalue weighted by molar-refractivity contribution is -0.122. The number of ketones is 2. The zero-order valence-electron chi connectivity index (χ0n) is 9.02. The van der Waals surface area contributed by atoms with E-state index >= 15 is 0 Å². The van der Waals surface area contributed by atoms with Crippen LogP contribution < -0.4 is 0 Å². The van der Waals surface area contributed by atoms with Gasteiger partial charge in [0.25, 0.3) is 0 Å². The van der Waals surface area contributed by atoms with Gasteiger partial charge in [-0.1, -0.05) is 0 Å². The Morgan fingerprint density at radius 1 is 1.50 bits per heavy atom. The van der Waals surface area contributed by atoms with Crippen molar-refractivity contribution in [2.24, 2.45) is 0 Å². The molecule has 2 aliphatic rings. The summed E-state index contributed by atoms with van der Waals surface area (Å²) in [7, 11) is 1.32. The molecule has 0 saturated carbocycles. The van der Waals surface area contributed by atoms with Gasteiger partial charge in [-0.15, -0.1) is 0 Å². The molecule has 0 aromatic carbocycles. The van der Waals surface area contributed by atoms with Gasteiger partial charge in [-0.2, -0.15) is 0 Å². The van der Waals surface area contributed by atoms with Crippen LogP contribution in [-0.4, -0.2) is 42.6 Å². The standard InChI is InChI=1S/C11H12O5/c1-5-10(13)9-6(4-16-5)7(12)3-8(15-2)11(9)14/h3,5,10,13H,4H2,1-2H3/t5-,10+/m1/s1. The molecule has 0 saturated heterocycles. The maximum Gasteiger partial charge on any atom is 0.226 e. The lowest BCUT2D eigenvalue weighted by Crippen LogP contribution is -2.41. The molecule has 1 heterocycles. The van der Waals surface area contributed by atoms with E-state index in [1.165, 1.54) is 7.11 Å². The molecule has 0 fully saturated rings. The smallest absolute Gasteiger partial charge is 0.226 e. The molecule has 0 spiro atoms. The van der Waals surface area contributed by atoms with Crippen molar-refractivity contribution >= 4 is 11.6 Å². The fourth-order valence-corrected chi connectivity index (χ4v) is 1.83. The predicted molar refractivity (Wildman–Crippen MR) is 53.6 cm³/mol. The number of hydrogen-bond acceptors (Lipinski definition) is 5. The second-order valence-electron chi connectivity index (χ2n) is 3.76. The molecule has 5 heteroatoms. The van der Waals surface area contributed by atoms with E-state index in [0.29, 0.717) is 0 Å². The number of rotatable bonds is 1. The topological polar surface area (TPSA) is 72.8 Å². The van der Waals surface area contributed by atoms with Gasteiger partial charge in [-0.3, -0.25) is 9.59 Å². The highest BCUT2D eigenvalue weighted by Gasteiger charge is 2.39. The van der Waals surface area contributed by atoms with Crippen LogP contribution in [0.2, 0.25) is 0 Å². The normalized spacial score (nSPS) is 30.1. The van der Waals surface area contributed by atoms with Crippen LogP contribution in [0, 0.1) is 0 Å². The number of allylic oxidation sites excluding steroid dienone is 2. The second kappa shape index (κ2) is 3.84. The minimum Gasteiger partial charge on any atom is -0.493 e. The van der Waals surface area contributed by atoms with Crippen LogP contribution in [0.15, 0.2) is 23.0 Å². The Morgan fingerprint density at radius 3 is 2.81 bits per heavy atom. The van der Waals surface area contributed by atoms with E-state index in [0.717, 1.165) is 6.08 Å². The number of aliphatic hydroxyl groups excluding tert-OH is 1. The van der Waals surface area contributed by atoms with Gasteiger partial charge in [0.15, 0.2) is 11.5 Å². The third-order valence-electron chi connectivity index (χ3n) is 2.80. The summed E-state index contributed by atoms with van der Waals surface area (Å²) in [5.41, 5.74) is 0.347. The van der Waals surface area contributed by atoms with Crippen molar-refractivity contribution in [1.29, 1.82) is 0 Å². The first-order chi connectivity index (χ1) is 7.56. The minimum absolute atomic E-state index is 0.0306. The van der Waals surface area contributed by atoms with Crippen molar-refractivity contribution in [3.05, 3.63) is 23.0 Å². The van der Waals surface area contributed by atoms with Crippen LogP contribution in [0.25, 0.3) is 0 Å². The fourth-order valence-electron chi connectivity index (χ4n) is 1.83. The highest BCUT2D eigenvalue weighted by atomic mass is 16.5. The van der Waals surface area contributed by atoms with E-state index in [2.05, 4.69) is 0 Å². The molecular weight excluding hydrogens is 212 g/mol. The molecular formula is C11H12O5. The Labute approximate surface area is 92.3 Å². The summed E-state index contributed by atoms with van der Waals surface area (Å²) in [6.45, 7) is 1.71. The molecule has 0 bridgehead atoms. The maximum atomic E-state index is 11.9. The van der Waals surface area contributed by atoms with E-state index in [-0.39, 0.29) is 29.3 Å². The molecule has 1 aliphatic heterocycles. The number of carbonyl (C=O) groups excluding carboxylic acids is 2. The summed E-state index contributed by atoms with van der Waals surface area (Å²) in [4.78, 5) is 23.5. The average Bonchev–Trinajstić information content (AvgIpc) is 2.27. The van der Waals surface area contributed by atoms with E-state index in [9.17, 15) is 14.7 Å². The van der Waals surface area contributed by atoms with Gasteiger partial charge in [0.05, 0.1) is 19.8 Å². The zero-order valence-corrected chi connectivity index (χ0v) is 9.02. The Hall–Kier alpha value is -1.46. The van der Waals surface area contributed by atoms with Gasteiger partial charge >= 0.3 is 0 Å². The van der Waals surface area contributed by atoms with Gasteiger partial charge < -0.3 is 14.6 Å². The summed E-state index contributed by atoms with van der Waals surface area (Å²) < 4.78 is 10.0. The van der Waals surface area contributed by atoms with E-state index < -0.39 is 18.0 Å². The highest BCUT2D eigenvalue weighted by molar-refractivity contribution is 6.22. The summed E-state index contributed by atoms with van der Waals surface area (Å²) in [6.07, 6.45) is -0.432. The number of aliphatic hydroxyl groups is 1. The van der Waals surface area contributed by atoms with Crippen LogP contribution in [-0.2, 0) is 19.1 Å². The molecule has 1 aliphatic carbocycles. The van der Waals surface area contributed by atoms with Crippen LogP contribution in [0.1, 0.15) is 6.92 Å². The van der Waals surface area contributed by atoms with Crippen molar-refractivity contribution in [1.82, 2.24) is 0 Å². The number of ether oxygens (including phenoxy) is 2. The third-order valence-corrected chi connectivity index (χ3v) is 2.80. The fraction of sp³-hybridized carbons (Fsp3) is 0.455. The van der Waals surface area contributed by atoms with Crippen LogP contribution in [0.5, 0.6) is 0 Å². The third kappa shape index (κ3) is 1.48. The summed E-state index contributed by atoms with van der Waals surface area (Å²) in [6, 6.07) is 0. The van der Waals surface area contributed by atoms with Crippen molar-refractivity contribution in [2.75, 3.05) is 13.7 Å². The van der Waals surface area contributed by atoms with E-state index in [1.54, 1.807) is 6.92 Å². The van der Waals surface area contributed by atoms with Gasteiger partial charge in [-0.25, -0.2) is 0 Å². The molecule has 0 aromatic rings. The minimum atomic E-state index is -1.07. The van der Waals surface area contributed by atoms with Crippen LogP contribution in [0.4, 0.5) is 0 Å². The van der Waals surface area contributed by atoms with Crippen LogP contribution >= 0.6 is 0 Å². The quantitative estimate of drug-likeness (QED) is 0.621. The largest absolute Gasteiger partial charge is 0.493 e. The van der Waals surface area contributed by atoms with Gasteiger partial charge in [0, 0.05) is 17.2 Å². The monoisotopic (exact) mass is 224 g/mol. The SMILES string of the molecule is COC1=CC(=O)C2=C(C1=O)[C@@H](O)[C@@H](C)OC2. The van der Waals surface area contributed by atoms with E-state index in [4.69, 9.17) is 9.47 Å². The number of methoxy groups -OCH3 is 1. The van der Waals surface area contributed by atoms with Crippen molar-refractivity contribution in [3.8, 4) is 0 Å². The summed E-state index contributed by atoms with van der Waals surface area (Å²) in [5.74, 6) is -0.797. The lowest BCUT2D eigenvalue weighted by Gasteiger charge is -2.30. The predicted octanol–water partition coefficient (Wildman–Crippen LogP) is -0.255. The molecule has 86 valence electrons. The maximum absolute atomic E-state index is 11.9. The number of Topliss-reactive ketones (excluding diaryl/α,β-unsaturated/α-hetero) is 1. The average molecular weight is 224 g/mol. The molecule has 16 heavy (non-hydrogen) atoms. The summed E-state index contributed by atoms with van der Waals surface area (Å²) >= 11 is 0. The first-order valence-corrected chi connectivity index (χ1v) is 4.93. The van der Waals surface area contributed by atoms with Gasteiger partial charge in [0.2, 0.25) is 5.78 Å².